The third kappa shape index (κ3) is 1.92. The Morgan fingerprint density at radius 2 is 1.93 bits per heavy atom. The van der Waals surface area contributed by atoms with Gasteiger partial charge < -0.3 is 15.2 Å². The van der Waals surface area contributed by atoms with Gasteiger partial charge in [-0.2, -0.15) is 11.8 Å². The Bertz CT molecular complexity index is 368. The number of hydrogen-bond acceptors (Lipinski definition) is 4. The van der Waals surface area contributed by atoms with E-state index in [1.54, 1.807) is 14.2 Å². The lowest BCUT2D eigenvalue weighted by atomic mass is 10.0. The minimum Gasteiger partial charge on any atom is -0.493 e. The summed E-state index contributed by atoms with van der Waals surface area (Å²) in [6.45, 7) is 0. The fourth-order valence-corrected chi connectivity index (χ4v) is 2.81. The Labute approximate surface area is 93.9 Å². The van der Waals surface area contributed by atoms with Crippen molar-refractivity contribution in [2.45, 2.75) is 11.8 Å². The number of ether oxygens (including phenoxy) is 2. The summed E-state index contributed by atoms with van der Waals surface area (Å²) >= 11 is 1.86. The van der Waals surface area contributed by atoms with Gasteiger partial charge in [0, 0.05) is 17.5 Å². The predicted octanol–water partition coefficient (Wildman–Crippen LogP) is 1.95. The van der Waals surface area contributed by atoms with E-state index in [-0.39, 0.29) is 6.04 Å². The van der Waals surface area contributed by atoms with Gasteiger partial charge in [-0.25, -0.2) is 0 Å². The molecule has 0 saturated carbocycles. The smallest absolute Gasteiger partial charge is 0.161 e. The largest absolute Gasteiger partial charge is 0.493 e. The highest BCUT2D eigenvalue weighted by atomic mass is 32.2. The first-order valence-electron chi connectivity index (χ1n) is 4.84. The highest BCUT2D eigenvalue weighted by Crippen LogP contribution is 2.38. The maximum absolute atomic E-state index is 6.04. The van der Waals surface area contributed by atoms with E-state index in [4.69, 9.17) is 15.2 Å². The molecule has 1 aliphatic rings. The fraction of sp³-hybridized carbons (Fsp3) is 0.455. The number of hydrogen-bond donors (Lipinski definition) is 1. The lowest BCUT2D eigenvalue weighted by molar-refractivity contribution is 0.354. The Morgan fingerprint density at radius 3 is 2.60 bits per heavy atom. The van der Waals surface area contributed by atoms with Crippen LogP contribution in [0.5, 0.6) is 11.5 Å². The average Bonchev–Trinajstić information content (AvgIpc) is 2.28. The van der Waals surface area contributed by atoms with Crippen LogP contribution < -0.4 is 15.2 Å². The molecule has 1 atom stereocenters. The van der Waals surface area contributed by atoms with Gasteiger partial charge in [-0.05, 0) is 23.3 Å². The van der Waals surface area contributed by atoms with Crippen LogP contribution in [-0.2, 0) is 5.75 Å². The second kappa shape index (κ2) is 4.33. The second-order valence-electron chi connectivity index (χ2n) is 3.53. The maximum atomic E-state index is 6.04. The van der Waals surface area contributed by atoms with Crippen molar-refractivity contribution in [1.82, 2.24) is 0 Å². The van der Waals surface area contributed by atoms with Crippen molar-refractivity contribution >= 4 is 11.8 Å². The average molecular weight is 225 g/mol. The molecule has 0 aliphatic carbocycles. The third-order valence-corrected chi connectivity index (χ3v) is 3.71. The lowest BCUT2D eigenvalue weighted by Crippen LogP contribution is -2.19. The molecule has 2 rings (SSSR count). The van der Waals surface area contributed by atoms with E-state index in [0.29, 0.717) is 0 Å². The lowest BCUT2D eigenvalue weighted by Gasteiger charge is -2.23. The SMILES string of the molecule is COc1cc2c(cc1OC)[C@@H](N)CSC2. The summed E-state index contributed by atoms with van der Waals surface area (Å²) in [7, 11) is 3.30. The van der Waals surface area contributed by atoms with Crippen molar-refractivity contribution in [3.05, 3.63) is 23.3 Å². The van der Waals surface area contributed by atoms with E-state index in [9.17, 15) is 0 Å². The van der Waals surface area contributed by atoms with Gasteiger partial charge in [0.25, 0.3) is 0 Å². The molecule has 0 radical (unpaired) electrons. The van der Waals surface area contributed by atoms with Crippen molar-refractivity contribution in [2.75, 3.05) is 20.0 Å². The van der Waals surface area contributed by atoms with Crippen molar-refractivity contribution in [3.63, 3.8) is 0 Å². The molecule has 1 aliphatic heterocycles. The Morgan fingerprint density at radius 1 is 1.27 bits per heavy atom. The van der Waals surface area contributed by atoms with Gasteiger partial charge in [0.1, 0.15) is 0 Å². The van der Waals surface area contributed by atoms with Crippen LogP contribution in [-0.4, -0.2) is 20.0 Å². The van der Waals surface area contributed by atoms with Gasteiger partial charge in [0.15, 0.2) is 11.5 Å². The van der Waals surface area contributed by atoms with E-state index in [1.165, 1.54) is 11.1 Å². The molecule has 3 nitrogen and oxygen atoms in total. The van der Waals surface area contributed by atoms with Crippen LogP contribution in [0, 0.1) is 0 Å². The predicted molar refractivity (Wildman–Crippen MR) is 62.6 cm³/mol. The number of rotatable bonds is 2. The molecule has 0 aromatic heterocycles. The molecule has 1 aromatic carbocycles. The highest BCUT2D eigenvalue weighted by Gasteiger charge is 2.20. The second-order valence-corrected chi connectivity index (χ2v) is 4.56. The molecule has 4 heteroatoms. The molecular formula is C11H15NO2S. The van der Waals surface area contributed by atoms with E-state index in [1.807, 2.05) is 23.9 Å². The highest BCUT2D eigenvalue weighted by molar-refractivity contribution is 7.98. The molecule has 0 amide bonds. The van der Waals surface area contributed by atoms with Gasteiger partial charge in [-0.15, -0.1) is 0 Å². The molecular weight excluding hydrogens is 210 g/mol. The Hall–Kier alpha value is -0.870. The summed E-state index contributed by atoms with van der Waals surface area (Å²) in [5.41, 5.74) is 8.49. The molecule has 15 heavy (non-hydrogen) atoms. The molecule has 82 valence electrons. The van der Waals surface area contributed by atoms with Crippen molar-refractivity contribution in [2.24, 2.45) is 5.73 Å². The summed E-state index contributed by atoms with van der Waals surface area (Å²) in [6, 6.07) is 4.14. The van der Waals surface area contributed by atoms with Crippen LogP contribution in [0.25, 0.3) is 0 Å². The molecule has 0 saturated heterocycles. The number of benzene rings is 1. The van der Waals surface area contributed by atoms with Gasteiger partial charge in [0.2, 0.25) is 0 Å². The third-order valence-electron chi connectivity index (χ3n) is 2.60. The van der Waals surface area contributed by atoms with Crippen LogP contribution in [0.15, 0.2) is 12.1 Å². The molecule has 1 heterocycles. The summed E-state index contributed by atoms with van der Waals surface area (Å²) in [4.78, 5) is 0. The zero-order chi connectivity index (χ0) is 10.8. The number of methoxy groups -OCH3 is 2. The van der Waals surface area contributed by atoms with Crippen molar-refractivity contribution < 1.29 is 9.47 Å². The van der Waals surface area contributed by atoms with Gasteiger partial charge in [0.05, 0.1) is 14.2 Å². The first-order valence-corrected chi connectivity index (χ1v) is 6.00. The summed E-state index contributed by atoms with van der Waals surface area (Å²) in [6.07, 6.45) is 0. The molecule has 2 N–H and O–H groups in total. The maximum Gasteiger partial charge on any atom is 0.161 e. The Balaban J connectivity index is 2.48. The summed E-state index contributed by atoms with van der Waals surface area (Å²) in [5.74, 6) is 3.52. The molecule has 0 spiro atoms. The minimum absolute atomic E-state index is 0.110. The van der Waals surface area contributed by atoms with Crippen LogP contribution >= 0.6 is 11.8 Å². The topological polar surface area (TPSA) is 44.5 Å². The Kier molecular flexibility index (Phi) is 3.07. The minimum atomic E-state index is 0.110. The van der Waals surface area contributed by atoms with Crippen LogP contribution in [0.3, 0.4) is 0 Å². The standard InChI is InChI=1S/C11H15NO2S/c1-13-10-3-7-5-15-6-9(12)8(7)4-11(10)14-2/h3-4,9H,5-6,12H2,1-2H3/t9-/m0/s1. The van der Waals surface area contributed by atoms with Gasteiger partial charge in [-0.3, -0.25) is 0 Å². The van der Waals surface area contributed by atoms with E-state index < -0.39 is 0 Å². The normalized spacial score (nSPS) is 19.5. The van der Waals surface area contributed by atoms with Crippen molar-refractivity contribution in [1.29, 1.82) is 0 Å². The number of nitrogens with two attached hydrogens (primary N) is 1. The molecule has 1 aromatic rings. The molecule has 0 fully saturated rings. The quantitative estimate of drug-likeness (QED) is 0.835. The van der Waals surface area contributed by atoms with E-state index >= 15 is 0 Å². The van der Waals surface area contributed by atoms with Crippen molar-refractivity contribution in [3.8, 4) is 11.5 Å². The van der Waals surface area contributed by atoms with Crippen LogP contribution in [0.4, 0.5) is 0 Å². The molecule has 0 unspecified atom stereocenters. The van der Waals surface area contributed by atoms with Crippen LogP contribution in [0.2, 0.25) is 0 Å². The summed E-state index contributed by atoms with van der Waals surface area (Å²) in [5, 5.41) is 0. The zero-order valence-electron chi connectivity index (χ0n) is 8.95. The zero-order valence-corrected chi connectivity index (χ0v) is 9.76. The van der Waals surface area contributed by atoms with E-state index in [0.717, 1.165) is 23.0 Å². The monoisotopic (exact) mass is 225 g/mol. The number of thioether (sulfide) groups is 1. The van der Waals surface area contributed by atoms with Crippen LogP contribution in [0.1, 0.15) is 17.2 Å². The first kappa shape index (κ1) is 10.6. The van der Waals surface area contributed by atoms with E-state index in [2.05, 4.69) is 0 Å². The van der Waals surface area contributed by atoms with Gasteiger partial charge in [-0.1, -0.05) is 0 Å². The van der Waals surface area contributed by atoms with Gasteiger partial charge >= 0.3 is 0 Å². The fourth-order valence-electron chi connectivity index (χ4n) is 1.79. The summed E-state index contributed by atoms with van der Waals surface area (Å²) < 4.78 is 10.5. The number of fused-ring (bicyclic) bond motifs is 1. The first-order chi connectivity index (χ1) is 7.26. The molecule has 0 bridgehead atoms.